The Morgan fingerprint density at radius 2 is 1.86 bits per heavy atom. The number of hydrogen-bond donors (Lipinski definition) is 1. The van der Waals surface area contributed by atoms with Crippen LogP contribution >= 0.6 is 0 Å². The molecular formula is C15H19N3O2S. The highest BCUT2D eigenvalue weighted by atomic mass is 32.2. The third-order valence-electron chi connectivity index (χ3n) is 3.34. The monoisotopic (exact) mass is 305 g/mol. The van der Waals surface area contributed by atoms with Gasteiger partial charge in [-0.3, -0.25) is 0 Å². The minimum absolute atomic E-state index is 0.0489. The summed E-state index contributed by atoms with van der Waals surface area (Å²) < 4.78 is 23.3. The molecule has 0 aliphatic carbocycles. The van der Waals surface area contributed by atoms with Crippen LogP contribution in [0.25, 0.3) is 0 Å². The number of hydrogen-bond acceptors (Lipinski definition) is 4. The van der Waals surface area contributed by atoms with Crippen LogP contribution in [0.15, 0.2) is 53.6 Å². The van der Waals surface area contributed by atoms with Gasteiger partial charge >= 0.3 is 0 Å². The molecule has 1 atom stereocenters. The first-order valence-electron chi connectivity index (χ1n) is 6.63. The highest BCUT2D eigenvalue weighted by Crippen LogP contribution is 2.23. The molecule has 2 aromatic rings. The van der Waals surface area contributed by atoms with Gasteiger partial charge in [0.15, 0.2) is 0 Å². The van der Waals surface area contributed by atoms with Crippen molar-refractivity contribution in [2.24, 2.45) is 5.14 Å². The minimum atomic E-state index is -3.78. The Labute approximate surface area is 125 Å². The van der Waals surface area contributed by atoms with Crippen molar-refractivity contribution < 1.29 is 8.42 Å². The summed E-state index contributed by atoms with van der Waals surface area (Å²) in [5.41, 5.74) is 1.19. The van der Waals surface area contributed by atoms with Gasteiger partial charge in [0.1, 0.15) is 10.7 Å². The van der Waals surface area contributed by atoms with E-state index >= 15 is 0 Å². The second kappa shape index (κ2) is 6.24. The molecule has 1 aromatic carbocycles. The summed E-state index contributed by atoms with van der Waals surface area (Å²) in [7, 11) is -1.97. The first-order chi connectivity index (χ1) is 9.89. The van der Waals surface area contributed by atoms with Crippen LogP contribution in [0.3, 0.4) is 0 Å². The third-order valence-corrected chi connectivity index (χ3v) is 4.27. The van der Waals surface area contributed by atoms with E-state index in [9.17, 15) is 8.42 Å². The first-order valence-corrected chi connectivity index (χ1v) is 8.18. The Kier molecular flexibility index (Phi) is 4.59. The molecule has 112 valence electrons. The lowest BCUT2D eigenvalue weighted by Gasteiger charge is -2.24. The van der Waals surface area contributed by atoms with E-state index in [4.69, 9.17) is 5.14 Å². The van der Waals surface area contributed by atoms with Crippen molar-refractivity contribution in [1.82, 2.24) is 4.98 Å². The molecular weight excluding hydrogens is 286 g/mol. The van der Waals surface area contributed by atoms with Gasteiger partial charge in [-0.05, 0) is 23.6 Å². The number of pyridine rings is 1. The van der Waals surface area contributed by atoms with E-state index in [1.807, 2.05) is 30.1 Å². The highest BCUT2D eigenvalue weighted by Gasteiger charge is 2.19. The SMILES string of the molecule is CC(CN(C)c1ncccc1S(N)(=O)=O)c1ccccc1. The number of nitrogens with two attached hydrogens (primary N) is 1. The molecule has 0 fully saturated rings. The van der Waals surface area contributed by atoms with Crippen LogP contribution < -0.4 is 10.0 Å². The Bertz CT molecular complexity index is 702. The Hall–Kier alpha value is -1.92. The minimum Gasteiger partial charge on any atom is -0.358 e. The molecule has 6 heteroatoms. The van der Waals surface area contributed by atoms with Crippen LogP contribution in [0.1, 0.15) is 18.4 Å². The highest BCUT2D eigenvalue weighted by molar-refractivity contribution is 7.89. The maximum absolute atomic E-state index is 11.6. The van der Waals surface area contributed by atoms with Gasteiger partial charge in [0, 0.05) is 19.8 Å². The van der Waals surface area contributed by atoms with Crippen LogP contribution in [-0.4, -0.2) is 27.0 Å². The molecule has 1 aromatic heterocycles. The van der Waals surface area contributed by atoms with Crippen molar-refractivity contribution >= 4 is 15.8 Å². The van der Waals surface area contributed by atoms with Gasteiger partial charge in [-0.15, -0.1) is 0 Å². The molecule has 1 unspecified atom stereocenters. The topological polar surface area (TPSA) is 76.3 Å². The Balaban J connectivity index is 2.24. The van der Waals surface area contributed by atoms with Crippen LogP contribution in [0, 0.1) is 0 Å². The quantitative estimate of drug-likeness (QED) is 0.916. The number of primary sulfonamides is 1. The van der Waals surface area contributed by atoms with E-state index in [2.05, 4.69) is 24.0 Å². The maximum Gasteiger partial charge on any atom is 0.241 e. The fourth-order valence-electron chi connectivity index (χ4n) is 2.28. The smallest absolute Gasteiger partial charge is 0.241 e. The Morgan fingerprint density at radius 3 is 2.48 bits per heavy atom. The molecule has 0 spiro atoms. The molecule has 21 heavy (non-hydrogen) atoms. The van der Waals surface area contributed by atoms with Crippen molar-refractivity contribution in [3.63, 3.8) is 0 Å². The number of aromatic nitrogens is 1. The zero-order valence-corrected chi connectivity index (χ0v) is 12.9. The van der Waals surface area contributed by atoms with Gasteiger partial charge in [0.05, 0.1) is 0 Å². The standard InChI is InChI=1S/C15H19N3O2S/c1-12(13-7-4-3-5-8-13)11-18(2)15-14(21(16,19)20)9-6-10-17-15/h3-10,12H,11H2,1-2H3,(H2,16,19,20). The predicted molar refractivity (Wildman–Crippen MR) is 83.7 cm³/mol. The summed E-state index contributed by atoms with van der Waals surface area (Å²) in [5, 5.41) is 5.24. The van der Waals surface area contributed by atoms with Gasteiger partial charge < -0.3 is 4.90 Å². The zero-order valence-electron chi connectivity index (χ0n) is 12.1. The molecule has 0 radical (unpaired) electrons. The van der Waals surface area contributed by atoms with Gasteiger partial charge in [0.2, 0.25) is 10.0 Å². The average molecular weight is 305 g/mol. The van der Waals surface area contributed by atoms with Crippen LogP contribution in [0.2, 0.25) is 0 Å². The molecule has 0 saturated heterocycles. The predicted octanol–water partition coefficient (Wildman–Crippen LogP) is 1.97. The van der Waals surface area contributed by atoms with E-state index in [1.165, 1.54) is 11.6 Å². The van der Waals surface area contributed by atoms with Gasteiger partial charge in [-0.1, -0.05) is 37.3 Å². The summed E-state index contributed by atoms with van der Waals surface area (Å²) >= 11 is 0. The molecule has 2 rings (SSSR count). The molecule has 0 amide bonds. The maximum atomic E-state index is 11.6. The second-order valence-corrected chi connectivity index (χ2v) is 6.59. The lowest BCUT2D eigenvalue weighted by molar-refractivity contribution is 0.596. The summed E-state index contributed by atoms with van der Waals surface area (Å²) in [6, 6.07) is 13.1. The average Bonchev–Trinajstić information content (AvgIpc) is 2.47. The number of benzene rings is 1. The lowest BCUT2D eigenvalue weighted by atomic mass is 10.0. The van der Waals surface area contributed by atoms with Gasteiger partial charge in [-0.25, -0.2) is 18.5 Å². The van der Waals surface area contributed by atoms with Gasteiger partial charge in [-0.2, -0.15) is 0 Å². The lowest BCUT2D eigenvalue weighted by Crippen LogP contribution is -2.27. The van der Waals surface area contributed by atoms with Crippen LogP contribution in [0.4, 0.5) is 5.82 Å². The van der Waals surface area contributed by atoms with Crippen molar-refractivity contribution in [2.75, 3.05) is 18.5 Å². The fraction of sp³-hybridized carbons (Fsp3) is 0.267. The second-order valence-electron chi connectivity index (χ2n) is 5.06. The largest absolute Gasteiger partial charge is 0.358 e. The van der Waals surface area contributed by atoms with E-state index in [0.29, 0.717) is 12.4 Å². The van der Waals surface area contributed by atoms with E-state index in [1.54, 1.807) is 12.3 Å². The summed E-state index contributed by atoms with van der Waals surface area (Å²) in [4.78, 5) is 6.02. The summed E-state index contributed by atoms with van der Waals surface area (Å²) in [5.74, 6) is 0.620. The van der Waals surface area contributed by atoms with Crippen molar-refractivity contribution in [3.8, 4) is 0 Å². The summed E-state index contributed by atoms with van der Waals surface area (Å²) in [6.07, 6.45) is 1.56. The van der Waals surface area contributed by atoms with E-state index < -0.39 is 10.0 Å². The number of sulfonamides is 1. The molecule has 0 bridgehead atoms. The first kappa shape index (κ1) is 15.5. The van der Waals surface area contributed by atoms with Crippen molar-refractivity contribution in [2.45, 2.75) is 17.7 Å². The zero-order chi connectivity index (χ0) is 15.5. The molecule has 1 heterocycles. The number of nitrogens with zero attached hydrogens (tertiary/aromatic N) is 2. The van der Waals surface area contributed by atoms with Crippen molar-refractivity contribution in [1.29, 1.82) is 0 Å². The van der Waals surface area contributed by atoms with E-state index in [0.717, 1.165) is 0 Å². The Morgan fingerprint density at radius 1 is 1.19 bits per heavy atom. The van der Waals surface area contributed by atoms with Crippen LogP contribution in [0.5, 0.6) is 0 Å². The normalized spacial score (nSPS) is 12.9. The van der Waals surface area contributed by atoms with E-state index in [-0.39, 0.29) is 10.8 Å². The number of anilines is 1. The van der Waals surface area contributed by atoms with Crippen LogP contribution in [-0.2, 0) is 10.0 Å². The van der Waals surface area contributed by atoms with Crippen molar-refractivity contribution in [3.05, 3.63) is 54.2 Å². The third kappa shape index (κ3) is 3.80. The fourth-order valence-corrected chi connectivity index (χ4v) is 3.01. The van der Waals surface area contributed by atoms with Gasteiger partial charge in [0.25, 0.3) is 0 Å². The summed E-state index contributed by atoms with van der Waals surface area (Å²) in [6.45, 7) is 2.73. The number of rotatable bonds is 5. The molecule has 0 saturated carbocycles. The molecule has 0 aliphatic heterocycles. The molecule has 2 N–H and O–H groups in total. The number of likely N-dealkylation sites (N-methyl/N-ethyl adjacent to an activating group) is 1. The molecule has 5 nitrogen and oxygen atoms in total. The molecule has 0 aliphatic rings.